The molecule has 0 fully saturated rings. The van der Waals surface area contributed by atoms with Crippen molar-refractivity contribution in [1.82, 2.24) is 10.6 Å². The zero-order valence-corrected chi connectivity index (χ0v) is 16.2. The van der Waals surface area contributed by atoms with Crippen molar-refractivity contribution in [3.8, 4) is 0 Å². The fourth-order valence-corrected chi connectivity index (χ4v) is 3.32. The van der Waals surface area contributed by atoms with E-state index in [4.69, 9.17) is 0 Å². The Morgan fingerprint density at radius 2 is 1.57 bits per heavy atom. The highest BCUT2D eigenvalue weighted by Gasteiger charge is 2.14. The summed E-state index contributed by atoms with van der Waals surface area (Å²) in [6.07, 6.45) is 1.02. The second kappa shape index (κ2) is 9.84. The van der Waals surface area contributed by atoms with Gasteiger partial charge in [-0.25, -0.2) is 12.8 Å². The van der Waals surface area contributed by atoms with Crippen LogP contribution in [0.4, 0.5) is 10.1 Å². The van der Waals surface area contributed by atoms with Crippen LogP contribution in [0.15, 0.2) is 53.4 Å². The monoisotopic (exact) mass is 407 g/mol. The topological polar surface area (TPSA) is 104 Å². The van der Waals surface area contributed by atoms with Gasteiger partial charge in [0, 0.05) is 30.8 Å². The van der Waals surface area contributed by atoms with Crippen molar-refractivity contribution in [2.24, 2.45) is 0 Å². The zero-order valence-electron chi connectivity index (χ0n) is 15.4. The van der Waals surface area contributed by atoms with Crippen LogP contribution in [0.1, 0.15) is 30.1 Å². The minimum absolute atomic E-state index is 0.0722. The number of anilines is 1. The summed E-state index contributed by atoms with van der Waals surface area (Å²) in [5.74, 6) is -1.03. The van der Waals surface area contributed by atoms with Crippen LogP contribution in [0.2, 0.25) is 0 Å². The molecule has 2 amide bonds. The summed E-state index contributed by atoms with van der Waals surface area (Å²) < 4.78 is 39.8. The third-order valence-corrected chi connectivity index (χ3v) is 5.13. The number of carbonyl (C=O) groups is 2. The molecule has 3 N–H and O–H groups in total. The molecule has 9 heteroatoms. The maximum absolute atomic E-state index is 12.9. The van der Waals surface area contributed by atoms with Gasteiger partial charge >= 0.3 is 0 Å². The van der Waals surface area contributed by atoms with Crippen LogP contribution < -0.4 is 15.4 Å². The molecule has 0 heterocycles. The number of carbonyl (C=O) groups excluding carboxylic acids is 2. The lowest BCUT2D eigenvalue weighted by atomic mass is 10.2. The summed E-state index contributed by atoms with van der Waals surface area (Å²) in [6.45, 7) is 2.75. The molecule has 7 nitrogen and oxygen atoms in total. The molecule has 0 aliphatic carbocycles. The van der Waals surface area contributed by atoms with E-state index >= 15 is 0 Å². The van der Waals surface area contributed by atoms with Gasteiger partial charge in [0.25, 0.3) is 15.9 Å². The van der Waals surface area contributed by atoms with Gasteiger partial charge in [-0.2, -0.15) is 0 Å². The quantitative estimate of drug-likeness (QED) is 0.593. The molecule has 0 atom stereocenters. The van der Waals surface area contributed by atoms with E-state index in [1.807, 2.05) is 6.92 Å². The number of rotatable bonds is 9. The van der Waals surface area contributed by atoms with Crippen molar-refractivity contribution in [3.63, 3.8) is 0 Å². The number of hydrogen-bond donors (Lipinski definition) is 3. The molecule has 2 aromatic carbocycles. The van der Waals surface area contributed by atoms with Crippen molar-refractivity contribution in [1.29, 1.82) is 0 Å². The molecule has 0 saturated carbocycles. The zero-order chi connectivity index (χ0) is 20.6. The molecular weight excluding hydrogens is 385 g/mol. The Kier molecular flexibility index (Phi) is 7.51. The average Bonchev–Trinajstić information content (AvgIpc) is 2.67. The Hall–Kier alpha value is -2.94. The normalized spacial score (nSPS) is 10.9. The second-order valence-corrected chi connectivity index (χ2v) is 7.68. The van der Waals surface area contributed by atoms with Crippen molar-refractivity contribution in [2.45, 2.75) is 24.7 Å². The first-order chi connectivity index (χ1) is 13.3. The van der Waals surface area contributed by atoms with Crippen LogP contribution in [0.3, 0.4) is 0 Å². The van der Waals surface area contributed by atoms with Crippen molar-refractivity contribution >= 4 is 27.5 Å². The molecule has 0 bridgehead atoms. The van der Waals surface area contributed by atoms with Gasteiger partial charge in [0.05, 0.1) is 4.90 Å². The molecule has 0 aromatic heterocycles. The SMILES string of the molecule is CCCNC(=O)CCNC(=O)c1ccc(NS(=O)(=O)c2ccc(F)cc2)cc1. The number of halogens is 1. The lowest BCUT2D eigenvalue weighted by Crippen LogP contribution is -2.31. The highest BCUT2D eigenvalue weighted by atomic mass is 32.2. The molecule has 0 spiro atoms. The van der Waals surface area contributed by atoms with E-state index in [-0.39, 0.29) is 35.4 Å². The predicted molar refractivity (Wildman–Crippen MR) is 104 cm³/mol. The van der Waals surface area contributed by atoms with Crippen LogP contribution in [0, 0.1) is 5.82 Å². The van der Waals surface area contributed by atoms with Crippen LogP contribution in [0.25, 0.3) is 0 Å². The minimum Gasteiger partial charge on any atom is -0.356 e. The number of sulfonamides is 1. The first kappa shape index (κ1) is 21.4. The molecule has 0 aliphatic heterocycles. The van der Waals surface area contributed by atoms with Gasteiger partial charge in [0.1, 0.15) is 5.82 Å². The fourth-order valence-electron chi connectivity index (χ4n) is 2.26. The van der Waals surface area contributed by atoms with E-state index in [0.717, 1.165) is 30.7 Å². The smallest absolute Gasteiger partial charge is 0.261 e. The molecule has 0 saturated heterocycles. The number of amides is 2. The third kappa shape index (κ3) is 6.34. The molecule has 0 aliphatic rings. The summed E-state index contributed by atoms with van der Waals surface area (Å²) in [5, 5.41) is 5.35. The lowest BCUT2D eigenvalue weighted by molar-refractivity contribution is -0.120. The highest BCUT2D eigenvalue weighted by molar-refractivity contribution is 7.92. The summed E-state index contributed by atoms with van der Waals surface area (Å²) >= 11 is 0. The highest BCUT2D eigenvalue weighted by Crippen LogP contribution is 2.17. The van der Waals surface area contributed by atoms with E-state index in [2.05, 4.69) is 15.4 Å². The Labute approximate surface area is 163 Å². The average molecular weight is 407 g/mol. The summed E-state index contributed by atoms with van der Waals surface area (Å²) in [7, 11) is -3.86. The van der Waals surface area contributed by atoms with Gasteiger partial charge in [0.15, 0.2) is 0 Å². The van der Waals surface area contributed by atoms with Gasteiger partial charge in [-0.15, -0.1) is 0 Å². The largest absolute Gasteiger partial charge is 0.356 e. The Bertz CT molecular complexity index is 913. The van der Waals surface area contributed by atoms with E-state index in [0.29, 0.717) is 12.1 Å². The number of nitrogens with one attached hydrogen (secondary N) is 3. The molecule has 150 valence electrons. The van der Waals surface area contributed by atoms with Crippen LogP contribution in [-0.4, -0.2) is 33.3 Å². The maximum atomic E-state index is 12.9. The second-order valence-electron chi connectivity index (χ2n) is 5.99. The Morgan fingerprint density at radius 3 is 2.18 bits per heavy atom. The fraction of sp³-hybridized carbons (Fsp3) is 0.263. The summed E-state index contributed by atoms with van der Waals surface area (Å²) in [5.41, 5.74) is 0.596. The van der Waals surface area contributed by atoms with Gasteiger partial charge < -0.3 is 10.6 Å². The molecule has 28 heavy (non-hydrogen) atoms. The van der Waals surface area contributed by atoms with Gasteiger partial charge in [-0.1, -0.05) is 6.92 Å². The van der Waals surface area contributed by atoms with Crippen molar-refractivity contribution < 1.29 is 22.4 Å². The summed E-state index contributed by atoms with van der Waals surface area (Å²) in [6, 6.07) is 10.3. The molecule has 0 unspecified atom stereocenters. The first-order valence-corrected chi connectivity index (χ1v) is 10.2. The predicted octanol–water partition coefficient (Wildman–Crippen LogP) is 2.27. The molecular formula is C19H22FN3O4S. The van der Waals surface area contributed by atoms with E-state index in [9.17, 15) is 22.4 Å². The Balaban J connectivity index is 1.91. The molecule has 2 aromatic rings. The van der Waals surface area contributed by atoms with Crippen LogP contribution in [-0.2, 0) is 14.8 Å². The van der Waals surface area contributed by atoms with Crippen LogP contribution >= 0.6 is 0 Å². The van der Waals surface area contributed by atoms with Crippen molar-refractivity contribution in [2.75, 3.05) is 17.8 Å². The first-order valence-electron chi connectivity index (χ1n) is 8.75. The number of hydrogen-bond acceptors (Lipinski definition) is 4. The minimum atomic E-state index is -3.86. The van der Waals surface area contributed by atoms with Gasteiger partial charge in [0.2, 0.25) is 5.91 Å². The van der Waals surface area contributed by atoms with E-state index in [1.54, 1.807) is 0 Å². The maximum Gasteiger partial charge on any atom is 0.261 e. The standard InChI is InChI=1S/C19H22FN3O4S/c1-2-12-21-18(24)11-13-22-19(25)14-3-7-16(8-4-14)23-28(26,27)17-9-5-15(20)6-10-17/h3-10,23H,2,11-13H2,1H3,(H,21,24)(H,22,25). The molecule has 2 rings (SSSR count). The Morgan fingerprint density at radius 1 is 0.929 bits per heavy atom. The molecule has 0 radical (unpaired) electrons. The lowest BCUT2D eigenvalue weighted by Gasteiger charge is -2.09. The van der Waals surface area contributed by atoms with Gasteiger partial charge in [-0.05, 0) is 55.0 Å². The summed E-state index contributed by atoms with van der Waals surface area (Å²) in [4.78, 5) is 23.5. The van der Waals surface area contributed by atoms with E-state index in [1.165, 1.54) is 24.3 Å². The van der Waals surface area contributed by atoms with Gasteiger partial charge in [-0.3, -0.25) is 14.3 Å². The van der Waals surface area contributed by atoms with Crippen molar-refractivity contribution in [3.05, 3.63) is 59.9 Å². The van der Waals surface area contributed by atoms with Crippen LogP contribution in [0.5, 0.6) is 0 Å². The van der Waals surface area contributed by atoms with E-state index < -0.39 is 15.8 Å². The third-order valence-electron chi connectivity index (χ3n) is 3.73. The number of benzene rings is 2.